The van der Waals surface area contributed by atoms with Crippen LogP contribution in [0.15, 0.2) is 54.6 Å². The van der Waals surface area contributed by atoms with E-state index in [1.807, 2.05) is 18.0 Å². The summed E-state index contributed by atoms with van der Waals surface area (Å²) in [7, 11) is 1.84. The van der Waals surface area contributed by atoms with Crippen molar-refractivity contribution in [2.24, 2.45) is 5.92 Å². The Hall–Kier alpha value is -2.73. The number of quaternary nitrogens is 1. The normalized spacial score (nSPS) is 15.7. The van der Waals surface area contributed by atoms with E-state index in [4.69, 9.17) is 0 Å². The largest absolute Gasteiger partial charge is 0.338 e. The zero-order chi connectivity index (χ0) is 20.6. The van der Waals surface area contributed by atoms with E-state index < -0.39 is 0 Å². The molecular weight excluding hydrogens is 369 g/mol. The van der Waals surface area contributed by atoms with Crippen LogP contribution in [0, 0.1) is 11.7 Å². The van der Waals surface area contributed by atoms with Crippen molar-refractivity contribution in [3.8, 4) is 0 Å². The molecule has 5 nitrogen and oxygen atoms in total. The second kappa shape index (κ2) is 10.2. The number of carbonyl (C=O) groups excluding carboxylic acids is 2. The molecular formula is C23H29FN3O2+. The number of benzene rings is 2. The number of nitrogens with one attached hydrogen (secondary N) is 2. The molecule has 0 saturated carbocycles. The molecule has 1 fully saturated rings. The lowest BCUT2D eigenvalue weighted by molar-refractivity contribution is -0.862. The van der Waals surface area contributed by atoms with Gasteiger partial charge in [-0.15, -0.1) is 0 Å². The maximum atomic E-state index is 12.9. The van der Waals surface area contributed by atoms with E-state index >= 15 is 0 Å². The summed E-state index contributed by atoms with van der Waals surface area (Å²) in [6, 6.07) is 16.1. The van der Waals surface area contributed by atoms with Gasteiger partial charge in [-0.1, -0.05) is 30.3 Å². The van der Waals surface area contributed by atoms with Crippen molar-refractivity contribution < 1.29 is 18.9 Å². The van der Waals surface area contributed by atoms with Crippen LogP contribution in [0.1, 0.15) is 18.4 Å². The maximum Gasteiger partial charge on any atom is 0.279 e. The van der Waals surface area contributed by atoms with Crippen molar-refractivity contribution in [1.82, 2.24) is 4.90 Å². The third kappa shape index (κ3) is 6.68. The minimum atomic E-state index is -0.344. The fourth-order valence-corrected chi connectivity index (χ4v) is 3.78. The van der Waals surface area contributed by atoms with E-state index in [-0.39, 0.29) is 24.2 Å². The number of anilines is 1. The number of likely N-dealkylation sites (tertiary alicyclic amines) is 1. The third-order valence-electron chi connectivity index (χ3n) is 5.38. The lowest BCUT2D eigenvalue weighted by atomic mass is 9.90. The van der Waals surface area contributed by atoms with Gasteiger partial charge >= 0.3 is 0 Å². The highest BCUT2D eigenvalue weighted by Gasteiger charge is 2.25. The number of carbonyl (C=O) groups is 2. The lowest BCUT2D eigenvalue weighted by Crippen LogP contribution is -3.11. The predicted molar refractivity (Wildman–Crippen MR) is 111 cm³/mol. The molecule has 0 aromatic heterocycles. The summed E-state index contributed by atoms with van der Waals surface area (Å²) in [5.74, 6) is 0.176. The summed E-state index contributed by atoms with van der Waals surface area (Å²) in [4.78, 5) is 27.5. The molecule has 1 aliphatic rings. The zero-order valence-corrected chi connectivity index (χ0v) is 16.9. The number of halogens is 1. The van der Waals surface area contributed by atoms with E-state index in [1.54, 1.807) is 0 Å². The summed E-state index contributed by atoms with van der Waals surface area (Å²) in [6.07, 6.45) is 3.10. The molecule has 1 aliphatic heterocycles. The number of amides is 2. The van der Waals surface area contributed by atoms with Crippen molar-refractivity contribution in [2.75, 3.05) is 38.5 Å². The quantitative estimate of drug-likeness (QED) is 0.747. The first-order valence-electron chi connectivity index (χ1n) is 10.2. The van der Waals surface area contributed by atoms with Crippen molar-refractivity contribution in [3.05, 3.63) is 66.0 Å². The average molecular weight is 399 g/mol. The molecule has 2 N–H and O–H groups in total. The first-order chi connectivity index (χ1) is 14.0. The van der Waals surface area contributed by atoms with Gasteiger partial charge in [0.2, 0.25) is 0 Å². The summed E-state index contributed by atoms with van der Waals surface area (Å²) < 4.78 is 12.9. The van der Waals surface area contributed by atoms with Gasteiger partial charge in [-0.3, -0.25) is 9.59 Å². The number of hydrogen-bond acceptors (Lipinski definition) is 2. The Morgan fingerprint density at radius 2 is 1.69 bits per heavy atom. The molecule has 0 bridgehead atoms. The first kappa shape index (κ1) is 21.0. The van der Waals surface area contributed by atoms with E-state index in [0.717, 1.165) is 37.3 Å². The number of likely N-dealkylation sites (N-methyl/N-ethyl adjacent to an activating group) is 1. The van der Waals surface area contributed by atoms with Gasteiger partial charge in [0.25, 0.3) is 11.8 Å². The molecule has 154 valence electrons. The molecule has 1 saturated heterocycles. The summed E-state index contributed by atoms with van der Waals surface area (Å²) in [5, 5.41) is 2.73. The first-order valence-corrected chi connectivity index (χ1v) is 10.2. The Balaban J connectivity index is 1.38. The van der Waals surface area contributed by atoms with Crippen molar-refractivity contribution in [3.63, 3.8) is 0 Å². The summed E-state index contributed by atoms with van der Waals surface area (Å²) >= 11 is 0. The number of piperidine rings is 1. The summed E-state index contributed by atoms with van der Waals surface area (Å²) in [5.41, 5.74) is 1.91. The Labute approximate surface area is 171 Å². The minimum Gasteiger partial charge on any atom is -0.338 e. The molecule has 1 unspecified atom stereocenters. The highest BCUT2D eigenvalue weighted by Crippen LogP contribution is 2.21. The highest BCUT2D eigenvalue weighted by atomic mass is 19.1. The van der Waals surface area contributed by atoms with Crippen LogP contribution < -0.4 is 10.2 Å². The fourth-order valence-electron chi connectivity index (χ4n) is 3.78. The predicted octanol–water partition coefficient (Wildman–Crippen LogP) is 1.76. The van der Waals surface area contributed by atoms with Gasteiger partial charge in [-0.25, -0.2) is 4.39 Å². The monoisotopic (exact) mass is 398 g/mol. The van der Waals surface area contributed by atoms with E-state index in [9.17, 15) is 14.0 Å². The summed E-state index contributed by atoms with van der Waals surface area (Å²) in [6.45, 7) is 2.05. The Morgan fingerprint density at radius 3 is 2.34 bits per heavy atom. The van der Waals surface area contributed by atoms with Crippen LogP contribution in [0.3, 0.4) is 0 Å². The van der Waals surface area contributed by atoms with Gasteiger partial charge in [0.15, 0.2) is 13.1 Å². The van der Waals surface area contributed by atoms with Crippen molar-refractivity contribution in [1.29, 1.82) is 0 Å². The van der Waals surface area contributed by atoms with Crippen molar-refractivity contribution >= 4 is 17.5 Å². The van der Waals surface area contributed by atoms with Crippen LogP contribution in [-0.2, 0) is 16.0 Å². The number of nitrogens with zero attached hydrogens (tertiary/aromatic N) is 1. The highest BCUT2D eigenvalue weighted by molar-refractivity contribution is 5.91. The minimum absolute atomic E-state index is 0.0928. The fraction of sp³-hybridized carbons (Fsp3) is 0.391. The van der Waals surface area contributed by atoms with Crippen LogP contribution in [0.5, 0.6) is 0 Å². The second-order valence-corrected chi connectivity index (χ2v) is 7.88. The molecule has 0 spiro atoms. The number of hydrogen-bond donors (Lipinski definition) is 2. The van der Waals surface area contributed by atoms with Crippen LogP contribution in [0.25, 0.3) is 0 Å². The van der Waals surface area contributed by atoms with Crippen LogP contribution in [0.2, 0.25) is 0 Å². The average Bonchev–Trinajstić information content (AvgIpc) is 2.71. The smallest absolute Gasteiger partial charge is 0.279 e. The van der Waals surface area contributed by atoms with Gasteiger partial charge in [0.05, 0.1) is 7.05 Å². The molecule has 1 atom stereocenters. The maximum absolute atomic E-state index is 12.9. The van der Waals surface area contributed by atoms with Crippen LogP contribution in [-0.4, -0.2) is 49.9 Å². The topological polar surface area (TPSA) is 53.9 Å². The molecule has 1 heterocycles. The Bertz CT molecular complexity index is 803. The second-order valence-electron chi connectivity index (χ2n) is 7.88. The Kier molecular flexibility index (Phi) is 7.36. The van der Waals surface area contributed by atoms with E-state index in [0.29, 0.717) is 18.2 Å². The molecule has 0 radical (unpaired) electrons. The molecule has 6 heteroatoms. The molecule has 2 aromatic rings. The van der Waals surface area contributed by atoms with Crippen LogP contribution >= 0.6 is 0 Å². The molecule has 2 aromatic carbocycles. The third-order valence-corrected chi connectivity index (χ3v) is 5.38. The van der Waals surface area contributed by atoms with E-state index in [2.05, 4.69) is 29.6 Å². The SMILES string of the molecule is C[NH+](CC(=O)Nc1ccc(F)cc1)CC(=O)N1CCC(Cc2ccccc2)CC1. The van der Waals surface area contributed by atoms with Gasteiger partial charge < -0.3 is 15.1 Å². The number of rotatable bonds is 7. The standard InChI is InChI=1S/C23H28FN3O2/c1-26(16-22(28)25-21-9-7-20(24)8-10-21)17-23(29)27-13-11-19(12-14-27)15-18-5-3-2-4-6-18/h2-10,19H,11-17H2,1H3,(H,25,28)/p+1. The zero-order valence-electron chi connectivity index (χ0n) is 16.9. The van der Waals surface area contributed by atoms with Gasteiger partial charge in [0, 0.05) is 18.8 Å². The van der Waals surface area contributed by atoms with E-state index in [1.165, 1.54) is 29.8 Å². The van der Waals surface area contributed by atoms with Gasteiger partial charge in [-0.2, -0.15) is 0 Å². The Morgan fingerprint density at radius 1 is 1.03 bits per heavy atom. The molecule has 3 rings (SSSR count). The lowest BCUT2D eigenvalue weighted by Gasteiger charge is -2.32. The van der Waals surface area contributed by atoms with Gasteiger partial charge in [0.1, 0.15) is 5.82 Å². The van der Waals surface area contributed by atoms with Gasteiger partial charge in [-0.05, 0) is 55.0 Å². The molecule has 29 heavy (non-hydrogen) atoms. The molecule has 0 aliphatic carbocycles. The molecule has 2 amide bonds. The van der Waals surface area contributed by atoms with Crippen molar-refractivity contribution in [2.45, 2.75) is 19.3 Å². The van der Waals surface area contributed by atoms with Crippen LogP contribution in [0.4, 0.5) is 10.1 Å².